The molecule has 0 saturated carbocycles. The van der Waals surface area contributed by atoms with E-state index in [1.54, 1.807) is 0 Å². The largest absolute Gasteiger partial charge is 0.344 e. The normalized spacial score (nSPS) is 16.2. The quantitative estimate of drug-likeness (QED) is 0.912. The van der Waals surface area contributed by atoms with Crippen LogP contribution in [0.2, 0.25) is 0 Å². The molecule has 1 amide bonds. The van der Waals surface area contributed by atoms with E-state index in [0.717, 1.165) is 37.3 Å². The molecule has 3 rings (SSSR count). The number of aromatic nitrogens is 2. The van der Waals surface area contributed by atoms with E-state index in [0.29, 0.717) is 11.7 Å². The van der Waals surface area contributed by atoms with Crippen molar-refractivity contribution in [3.05, 3.63) is 52.3 Å². The number of benzene rings is 1. The van der Waals surface area contributed by atoms with Gasteiger partial charge in [0.2, 0.25) is 0 Å². The summed E-state index contributed by atoms with van der Waals surface area (Å²) >= 11 is 0. The zero-order valence-corrected chi connectivity index (χ0v) is 16.5. The summed E-state index contributed by atoms with van der Waals surface area (Å²) < 4.78 is 2.00. The van der Waals surface area contributed by atoms with Crippen molar-refractivity contribution >= 4 is 5.91 Å². The third-order valence-electron chi connectivity index (χ3n) is 5.39. The van der Waals surface area contributed by atoms with Crippen LogP contribution >= 0.6 is 0 Å². The van der Waals surface area contributed by atoms with E-state index in [1.807, 2.05) is 17.7 Å². The maximum atomic E-state index is 12.7. The maximum Gasteiger partial charge on any atom is 0.272 e. The average Bonchev–Trinajstić information content (AvgIpc) is 2.88. The predicted molar refractivity (Wildman–Crippen MR) is 104 cm³/mol. The number of hydrogen-bond donors (Lipinski definition) is 1. The lowest BCUT2D eigenvalue weighted by atomic mass is 10.0. The van der Waals surface area contributed by atoms with Crippen molar-refractivity contribution in [1.82, 2.24) is 20.0 Å². The lowest BCUT2D eigenvalue weighted by molar-refractivity contribution is 0.0934. The van der Waals surface area contributed by atoms with Gasteiger partial charge >= 0.3 is 0 Å². The van der Waals surface area contributed by atoms with Gasteiger partial charge in [-0.05, 0) is 63.8 Å². The molecule has 0 bridgehead atoms. The number of carbonyl (C=O) groups is 1. The molecule has 1 N–H and O–H groups in total. The highest BCUT2D eigenvalue weighted by molar-refractivity contribution is 5.92. The monoisotopic (exact) mass is 354 g/mol. The first-order valence-electron chi connectivity index (χ1n) is 9.54. The van der Waals surface area contributed by atoms with Gasteiger partial charge in [0.05, 0.1) is 11.7 Å². The molecular formula is C21H30N4O. The van der Waals surface area contributed by atoms with Gasteiger partial charge in [-0.15, -0.1) is 0 Å². The number of hydrogen-bond acceptors (Lipinski definition) is 3. The highest BCUT2D eigenvalue weighted by atomic mass is 16.2. The Morgan fingerprint density at radius 3 is 2.58 bits per heavy atom. The van der Waals surface area contributed by atoms with Crippen molar-refractivity contribution in [1.29, 1.82) is 0 Å². The Labute approximate surface area is 156 Å². The lowest BCUT2D eigenvalue weighted by Crippen LogP contribution is -2.30. The number of nitrogens with zero attached hydrogens (tertiary/aromatic N) is 3. The molecule has 26 heavy (non-hydrogen) atoms. The van der Waals surface area contributed by atoms with Gasteiger partial charge in [-0.1, -0.05) is 18.2 Å². The second-order valence-corrected chi connectivity index (χ2v) is 7.70. The van der Waals surface area contributed by atoms with Crippen LogP contribution in [0.3, 0.4) is 0 Å². The Kier molecular flexibility index (Phi) is 5.47. The van der Waals surface area contributed by atoms with Crippen molar-refractivity contribution in [3.8, 4) is 0 Å². The van der Waals surface area contributed by atoms with Gasteiger partial charge in [0.25, 0.3) is 5.91 Å². The van der Waals surface area contributed by atoms with E-state index in [9.17, 15) is 4.79 Å². The zero-order chi connectivity index (χ0) is 18.8. The molecule has 1 aliphatic rings. The first kappa shape index (κ1) is 18.6. The standard InChI is InChI=1S/C21H30N4O/c1-14(2)24-9-6-10-25-19(13-24)12-20(23-25)21(26)22-17(5)18-8-7-15(3)16(4)11-18/h7-8,11-12,14,17H,6,9-10,13H2,1-5H3,(H,22,26)/t17-/m0/s1. The Bertz CT molecular complexity index is 793. The summed E-state index contributed by atoms with van der Waals surface area (Å²) in [5.74, 6) is -0.104. The molecule has 0 saturated heterocycles. The van der Waals surface area contributed by atoms with E-state index < -0.39 is 0 Å². The first-order chi connectivity index (χ1) is 12.3. The molecule has 0 aliphatic carbocycles. The van der Waals surface area contributed by atoms with Crippen LogP contribution in [-0.2, 0) is 13.1 Å². The number of carbonyl (C=O) groups excluding carboxylic acids is 1. The molecule has 1 aromatic carbocycles. The molecular weight excluding hydrogens is 324 g/mol. The van der Waals surface area contributed by atoms with Crippen LogP contribution in [0.1, 0.15) is 66.1 Å². The molecule has 0 radical (unpaired) electrons. The first-order valence-corrected chi connectivity index (χ1v) is 9.54. The third kappa shape index (κ3) is 3.98. The molecule has 5 nitrogen and oxygen atoms in total. The van der Waals surface area contributed by atoms with Crippen molar-refractivity contribution < 1.29 is 4.79 Å². The molecule has 0 fully saturated rings. The number of nitrogens with one attached hydrogen (secondary N) is 1. The zero-order valence-electron chi connectivity index (χ0n) is 16.5. The highest BCUT2D eigenvalue weighted by Gasteiger charge is 2.21. The SMILES string of the molecule is Cc1ccc([C@H](C)NC(=O)c2cc3n(n2)CCCN(C(C)C)C3)cc1C. The van der Waals surface area contributed by atoms with E-state index in [1.165, 1.54) is 11.1 Å². The number of fused-ring (bicyclic) bond motifs is 1. The fraction of sp³-hybridized carbons (Fsp3) is 0.524. The van der Waals surface area contributed by atoms with Gasteiger partial charge in [-0.25, -0.2) is 0 Å². The highest BCUT2D eigenvalue weighted by Crippen LogP contribution is 2.19. The number of amides is 1. The molecule has 5 heteroatoms. The molecule has 1 aliphatic heterocycles. The molecule has 2 heterocycles. The summed E-state index contributed by atoms with van der Waals surface area (Å²) in [6.07, 6.45) is 1.06. The van der Waals surface area contributed by atoms with Crippen molar-refractivity contribution in [2.24, 2.45) is 0 Å². The summed E-state index contributed by atoms with van der Waals surface area (Å²) in [7, 11) is 0. The van der Waals surface area contributed by atoms with Gasteiger partial charge in [0.15, 0.2) is 5.69 Å². The minimum absolute atomic E-state index is 0.0459. The van der Waals surface area contributed by atoms with Gasteiger partial charge in [0.1, 0.15) is 0 Å². The van der Waals surface area contributed by atoms with Crippen LogP contribution < -0.4 is 5.32 Å². The topological polar surface area (TPSA) is 50.2 Å². The van der Waals surface area contributed by atoms with E-state index in [2.05, 4.69) is 61.2 Å². The van der Waals surface area contributed by atoms with E-state index in [-0.39, 0.29) is 11.9 Å². The molecule has 1 aromatic heterocycles. The predicted octanol–water partition coefficient (Wildman–Crippen LogP) is 3.61. The van der Waals surface area contributed by atoms with Crippen LogP contribution in [0.15, 0.2) is 24.3 Å². The Morgan fingerprint density at radius 1 is 1.12 bits per heavy atom. The molecule has 2 aromatic rings. The van der Waals surface area contributed by atoms with Crippen LogP contribution in [0.25, 0.3) is 0 Å². The smallest absolute Gasteiger partial charge is 0.272 e. The second kappa shape index (κ2) is 7.62. The van der Waals surface area contributed by atoms with E-state index in [4.69, 9.17) is 0 Å². The number of aryl methyl sites for hydroxylation is 3. The average molecular weight is 354 g/mol. The summed E-state index contributed by atoms with van der Waals surface area (Å²) in [5.41, 5.74) is 5.26. The molecule has 140 valence electrons. The van der Waals surface area contributed by atoms with Crippen LogP contribution in [0, 0.1) is 13.8 Å². The van der Waals surface area contributed by atoms with Gasteiger partial charge in [-0.2, -0.15) is 5.10 Å². The summed E-state index contributed by atoms with van der Waals surface area (Å²) in [6, 6.07) is 8.73. The number of rotatable bonds is 4. The summed E-state index contributed by atoms with van der Waals surface area (Å²) in [4.78, 5) is 15.1. The minimum Gasteiger partial charge on any atom is -0.344 e. The molecule has 0 unspecified atom stereocenters. The summed E-state index contributed by atoms with van der Waals surface area (Å²) in [6.45, 7) is 13.4. The van der Waals surface area contributed by atoms with Gasteiger partial charge < -0.3 is 5.32 Å². The second-order valence-electron chi connectivity index (χ2n) is 7.70. The van der Waals surface area contributed by atoms with Gasteiger partial charge in [-0.3, -0.25) is 14.4 Å². The van der Waals surface area contributed by atoms with Crippen LogP contribution in [0.5, 0.6) is 0 Å². The third-order valence-corrected chi connectivity index (χ3v) is 5.39. The summed E-state index contributed by atoms with van der Waals surface area (Å²) in [5, 5.41) is 7.65. The Balaban J connectivity index is 1.72. The van der Waals surface area contributed by atoms with Crippen molar-refractivity contribution in [2.75, 3.05) is 6.54 Å². The fourth-order valence-electron chi connectivity index (χ4n) is 3.43. The van der Waals surface area contributed by atoms with Crippen molar-refractivity contribution in [3.63, 3.8) is 0 Å². The Hall–Kier alpha value is -2.14. The maximum absolute atomic E-state index is 12.7. The molecule has 0 spiro atoms. The van der Waals surface area contributed by atoms with E-state index >= 15 is 0 Å². The van der Waals surface area contributed by atoms with Crippen molar-refractivity contribution in [2.45, 2.75) is 66.2 Å². The van der Waals surface area contributed by atoms with Crippen LogP contribution in [0.4, 0.5) is 0 Å². The lowest BCUT2D eigenvalue weighted by Gasteiger charge is -2.23. The minimum atomic E-state index is -0.104. The Morgan fingerprint density at radius 2 is 1.88 bits per heavy atom. The fourth-order valence-corrected chi connectivity index (χ4v) is 3.43. The molecule has 1 atom stereocenters. The van der Waals surface area contributed by atoms with Gasteiger partial charge in [0, 0.05) is 25.7 Å². The van der Waals surface area contributed by atoms with Crippen LogP contribution in [-0.4, -0.2) is 33.2 Å².